The van der Waals surface area contributed by atoms with Gasteiger partial charge < -0.3 is 0 Å². The van der Waals surface area contributed by atoms with Crippen molar-refractivity contribution in [3.05, 3.63) is 0 Å². The second-order valence-corrected chi connectivity index (χ2v) is 3.79. The predicted molar refractivity (Wildman–Crippen MR) is 52.5 cm³/mol. The van der Waals surface area contributed by atoms with E-state index in [-0.39, 0.29) is 0 Å². The fourth-order valence-corrected chi connectivity index (χ4v) is 0.827. The number of thiol groups is 1. The molecule has 0 bridgehead atoms. The Labute approximate surface area is 76.6 Å². The van der Waals surface area contributed by atoms with E-state index in [0.717, 1.165) is 6.42 Å². The molecule has 0 aliphatic rings. The monoisotopic (exact) mass is 170 g/mol. The molecule has 0 N–H and O–H groups in total. The van der Waals surface area contributed by atoms with Crippen LogP contribution in [0.1, 0.15) is 26.7 Å². The van der Waals surface area contributed by atoms with Crippen molar-refractivity contribution < 1.29 is 4.39 Å². The van der Waals surface area contributed by atoms with Crippen LogP contribution in [-0.2, 0) is 0 Å². The highest BCUT2D eigenvalue weighted by Gasteiger charge is 2.34. The average Bonchev–Trinajstić information content (AvgIpc) is 1.81. The van der Waals surface area contributed by atoms with Crippen LogP contribution < -0.4 is 0 Å². The van der Waals surface area contributed by atoms with Gasteiger partial charge in [-0.1, -0.05) is 11.6 Å². The first kappa shape index (κ1) is 11.4. The smallest absolute Gasteiger partial charge is 0.0955 e. The summed E-state index contributed by atoms with van der Waals surface area (Å²) in [7, 11) is 11.1. The van der Waals surface area contributed by atoms with Crippen LogP contribution in [0.5, 0.6) is 0 Å². The molecule has 60 valence electrons. The summed E-state index contributed by atoms with van der Waals surface area (Å²) < 4.78 is 13.2. The first-order valence-electron chi connectivity index (χ1n) is 3.69. The van der Waals surface area contributed by atoms with Crippen molar-refractivity contribution in [3.8, 4) is 0 Å². The van der Waals surface area contributed by atoms with Gasteiger partial charge in [0.05, 0.1) is 21.4 Å². The van der Waals surface area contributed by atoms with E-state index in [9.17, 15) is 4.39 Å². The minimum Gasteiger partial charge on any atom is -0.246 e. The maximum atomic E-state index is 13.2. The summed E-state index contributed by atoms with van der Waals surface area (Å²) in [5.41, 5.74) is -1.53. The van der Waals surface area contributed by atoms with Crippen molar-refractivity contribution in [2.45, 2.75) is 37.6 Å². The lowest BCUT2D eigenvalue weighted by molar-refractivity contribution is 0.177. The van der Waals surface area contributed by atoms with Crippen LogP contribution >= 0.6 is 12.6 Å². The van der Waals surface area contributed by atoms with Crippen LogP contribution in [0.4, 0.5) is 4.39 Å². The average molecular weight is 170 g/mol. The number of alkyl halides is 1. The van der Waals surface area contributed by atoms with E-state index < -0.39 is 10.9 Å². The number of hydrogen-bond donors (Lipinski definition) is 1. The van der Waals surface area contributed by atoms with Gasteiger partial charge in [0, 0.05) is 0 Å². The van der Waals surface area contributed by atoms with Crippen LogP contribution in [0.2, 0.25) is 5.21 Å². The van der Waals surface area contributed by atoms with Crippen molar-refractivity contribution in [2.24, 2.45) is 0 Å². The Morgan fingerprint density at radius 1 is 1.36 bits per heavy atom. The molecule has 0 saturated carbocycles. The number of rotatable bonds is 4. The molecule has 0 heterocycles. The van der Waals surface area contributed by atoms with Gasteiger partial charge in [0.15, 0.2) is 0 Å². The molecule has 0 unspecified atom stereocenters. The zero-order valence-electron chi connectivity index (χ0n) is 7.10. The molecule has 0 saturated heterocycles. The molecule has 0 atom stereocenters. The third kappa shape index (κ3) is 3.55. The van der Waals surface area contributed by atoms with Crippen LogP contribution in [0.3, 0.4) is 0 Å². The Morgan fingerprint density at radius 3 is 2.09 bits per heavy atom. The Morgan fingerprint density at radius 2 is 1.82 bits per heavy atom. The Bertz CT molecular complexity index is 120. The van der Waals surface area contributed by atoms with E-state index in [4.69, 9.17) is 15.7 Å². The van der Waals surface area contributed by atoms with Crippen LogP contribution in [0.15, 0.2) is 0 Å². The van der Waals surface area contributed by atoms with Crippen molar-refractivity contribution in [1.82, 2.24) is 0 Å². The van der Waals surface area contributed by atoms with Crippen molar-refractivity contribution >= 4 is 28.3 Å². The van der Waals surface area contributed by atoms with E-state index in [0.29, 0.717) is 12.2 Å². The highest BCUT2D eigenvalue weighted by atomic mass is 32.1. The largest absolute Gasteiger partial charge is 0.246 e. The molecule has 0 aromatic carbocycles. The summed E-state index contributed by atoms with van der Waals surface area (Å²) in [5.74, 6) is 0.687. The fraction of sp³-hybridized carbons (Fsp3) is 1.00. The van der Waals surface area contributed by atoms with Crippen molar-refractivity contribution in [3.63, 3.8) is 0 Å². The van der Waals surface area contributed by atoms with E-state index in [1.54, 1.807) is 0 Å². The summed E-state index contributed by atoms with van der Waals surface area (Å²) in [6.45, 7) is 2.79. The SMILES string of the molecule is [B]C([B])(CCCS)C(C)(C)F. The van der Waals surface area contributed by atoms with Crippen molar-refractivity contribution in [2.75, 3.05) is 5.75 Å². The molecule has 4 radical (unpaired) electrons. The molecular weight excluding hydrogens is 157 g/mol. The summed E-state index contributed by atoms with van der Waals surface area (Å²) in [4.78, 5) is 0. The lowest BCUT2D eigenvalue weighted by Gasteiger charge is -2.36. The normalized spacial score (nSPS) is 13.5. The lowest BCUT2D eigenvalue weighted by atomic mass is 9.46. The van der Waals surface area contributed by atoms with Crippen LogP contribution in [0.25, 0.3) is 0 Å². The minimum atomic E-state index is -1.53. The number of halogens is 1. The zero-order valence-corrected chi connectivity index (χ0v) is 8.00. The van der Waals surface area contributed by atoms with E-state index in [2.05, 4.69) is 12.6 Å². The van der Waals surface area contributed by atoms with Gasteiger partial charge in [-0.05, 0) is 26.0 Å². The molecule has 0 nitrogen and oxygen atoms in total. The van der Waals surface area contributed by atoms with E-state index in [1.165, 1.54) is 13.8 Å². The van der Waals surface area contributed by atoms with Gasteiger partial charge in [0.25, 0.3) is 0 Å². The third-order valence-corrected chi connectivity index (χ3v) is 2.17. The van der Waals surface area contributed by atoms with Gasteiger partial charge in [-0.25, -0.2) is 4.39 Å². The molecule has 0 aromatic heterocycles. The highest BCUT2D eigenvalue weighted by Crippen LogP contribution is 2.39. The summed E-state index contributed by atoms with van der Waals surface area (Å²) in [5, 5.41) is -1.23. The molecule has 0 fully saturated rings. The first-order valence-corrected chi connectivity index (χ1v) is 4.32. The second kappa shape index (κ2) is 3.88. The van der Waals surface area contributed by atoms with Gasteiger partial charge in [-0.15, -0.1) is 0 Å². The van der Waals surface area contributed by atoms with Crippen LogP contribution in [-0.4, -0.2) is 27.1 Å². The molecule has 0 rings (SSSR count). The molecule has 4 heteroatoms. The molecule has 0 aromatic rings. The quantitative estimate of drug-likeness (QED) is 0.483. The van der Waals surface area contributed by atoms with E-state index in [1.807, 2.05) is 0 Å². The Hall–Kier alpha value is 0.410. The van der Waals surface area contributed by atoms with Gasteiger partial charge in [-0.3, -0.25) is 0 Å². The van der Waals surface area contributed by atoms with Crippen molar-refractivity contribution in [1.29, 1.82) is 0 Å². The van der Waals surface area contributed by atoms with Gasteiger partial charge in [-0.2, -0.15) is 12.6 Å². The summed E-state index contributed by atoms with van der Waals surface area (Å²) in [6, 6.07) is 0. The summed E-state index contributed by atoms with van der Waals surface area (Å²) >= 11 is 3.99. The predicted octanol–water partition coefficient (Wildman–Crippen LogP) is 1.90. The molecule has 0 aliphatic heterocycles. The summed E-state index contributed by atoms with van der Waals surface area (Å²) in [6.07, 6.45) is 1.20. The van der Waals surface area contributed by atoms with Gasteiger partial charge in [0.1, 0.15) is 0 Å². The Balaban J connectivity index is 4.00. The first-order chi connectivity index (χ1) is 4.81. The van der Waals surface area contributed by atoms with Gasteiger partial charge in [0.2, 0.25) is 0 Å². The standard InChI is InChI=1S/C7H13B2FS/c1-6(2,10)7(8,9)4-3-5-11/h11H,3-5H2,1-2H3. The maximum absolute atomic E-state index is 13.2. The van der Waals surface area contributed by atoms with Crippen LogP contribution in [0, 0.1) is 0 Å². The second-order valence-electron chi connectivity index (χ2n) is 3.34. The Kier molecular flexibility index (Phi) is 4.03. The highest BCUT2D eigenvalue weighted by molar-refractivity contribution is 7.80. The van der Waals surface area contributed by atoms with Gasteiger partial charge >= 0.3 is 0 Å². The molecule has 0 aliphatic carbocycles. The third-order valence-electron chi connectivity index (χ3n) is 1.86. The topological polar surface area (TPSA) is 0 Å². The fourth-order valence-electron chi connectivity index (χ4n) is 0.669. The zero-order chi connectivity index (χ0) is 9.12. The number of hydrogen-bond acceptors (Lipinski definition) is 1. The minimum absolute atomic E-state index is 0.458. The lowest BCUT2D eigenvalue weighted by Crippen LogP contribution is -2.34. The molecular formula is C7H13B2FS. The van der Waals surface area contributed by atoms with E-state index >= 15 is 0 Å². The maximum Gasteiger partial charge on any atom is 0.0955 e. The molecule has 0 amide bonds. The molecule has 0 spiro atoms. The molecule has 11 heavy (non-hydrogen) atoms.